The molecule has 23 heavy (non-hydrogen) atoms. The summed E-state index contributed by atoms with van der Waals surface area (Å²) in [6, 6.07) is 11.8. The first-order chi connectivity index (χ1) is 11.1. The van der Waals surface area contributed by atoms with E-state index >= 15 is 0 Å². The van der Waals surface area contributed by atoms with Crippen molar-refractivity contribution in [3.63, 3.8) is 0 Å². The summed E-state index contributed by atoms with van der Waals surface area (Å²) < 4.78 is 10.6. The molecular weight excluding hydrogens is 292 g/mol. The lowest BCUT2D eigenvalue weighted by Crippen LogP contribution is -2.28. The molecule has 1 amide bonds. The van der Waals surface area contributed by atoms with Crippen molar-refractivity contribution in [2.45, 2.75) is 20.4 Å². The molecular formula is C18H20N2O3. The van der Waals surface area contributed by atoms with Gasteiger partial charge in [0.25, 0.3) is 0 Å². The molecule has 2 aromatic carbocycles. The van der Waals surface area contributed by atoms with Crippen LogP contribution in [-0.2, 0) is 11.3 Å². The van der Waals surface area contributed by atoms with Gasteiger partial charge in [0.05, 0.1) is 6.54 Å². The van der Waals surface area contributed by atoms with Gasteiger partial charge in [-0.15, -0.1) is 0 Å². The Morgan fingerprint density at radius 2 is 1.91 bits per heavy atom. The van der Waals surface area contributed by atoms with Gasteiger partial charge >= 0.3 is 0 Å². The van der Waals surface area contributed by atoms with E-state index in [1.807, 2.05) is 50.2 Å². The number of carbonyl (C=O) groups excluding carboxylic acids is 1. The zero-order chi connectivity index (χ0) is 16.2. The molecule has 2 N–H and O–H groups in total. The number of carbonyl (C=O) groups is 1. The van der Waals surface area contributed by atoms with Crippen LogP contribution in [0.1, 0.15) is 16.7 Å². The number of hydrogen-bond acceptors (Lipinski definition) is 4. The number of anilines is 1. The fourth-order valence-electron chi connectivity index (χ4n) is 2.44. The number of hydrogen-bond donors (Lipinski definition) is 2. The first-order valence-electron chi connectivity index (χ1n) is 7.58. The fraction of sp³-hybridized carbons (Fsp3) is 0.278. The number of fused-ring (bicyclic) bond motifs is 1. The predicted molar refractivity (Wildman–Crippen MR) is 88.8 cm³/mol. The molecule has 0 aliphatic carbocycles. The van der Waals surface area contributed by atoms with Crippen LogP contribution in [-0.4, -0.2) is 19.2 Å². The minimum Gasteiger partial charge on any atom is -0.454 e. The van der Waals surface area contributed by atoms with Crippen molar-refractivity contribution in [3.8, 4) is 11.5 Å². The Balaban J connectivity index is 1.50. The molecule has 0 unspecified atom stereocenters. The molecule has 0 bridgehead atoms. The fourth-order valence-corrected chi connectivity index (χ4v) is 2.44. The lowest BCUT2D eigenvalue weighted by atomic mass is 10.1. The maximum absolute atomic E-state index is 12.0. The summed E-state index contributed by atoms with van der Waals surface area (Å²) in [7, 11) is 0. The topological polar surface area (TPSA) is 59.6 Å². The van der Waals surface area contributed by atoms with E-state index in [1.165, 1.54) is 0 Å². The Kier molecular flexibility index (Phi) is 4.48. The maximum Gasteiger partial charge on any atom is 0.238 e. The lowest BCUT2D eigenvalue weighted by molar-refractivity contribution is -0.115. The summed E-state index contributed by atoms with van der Waals surface area (Å²) in [5.74, 6) is 1.46. The summed E-state index contributed by atoms with van der Waals surface area (Å²) in [5, 5.41) is 6.07. The summed E-state index contributed by atoms with van der Waals surface area (Å²) >= 11 is 0. The molecule has 0 atom stereocenters. The minimum atomic E-state index is -0.0561. The van der Waals surface area contributed by atoms with Crippen LogP contribution in [0.4, 0.5) is 5.69 Å². The van der Waals surface area contributed by atoms with E-state index in [-0.39, 0.29) is 19.2 Å². The molecule has 3 rings (SSSR count). The standard InChI is InChI=1S/C18H20N2O3/c1-12-3-4-13(2)15(7-12)20-18(21)10-19-9-14-5-6-16-17(8-14)23-11-22-16/h3-8,19H,9-11H2,1-2H3,(H,20,21). The quantitative estimate of drug-likeness (QED) is 0.891. The van der Waals surface area contributed by atoms with Gasteiger partial charge in [-0.3, -0.25) is 4.79 Å². The summed E-state index contributed by atoms with van der Waals surface area (Å²) in [6.45, 7) is 5.10. The number of aryl methyl sites for hydroxylation is 2. The molecule has 0 saturated carbocycles. The highest BCUT2D eigenvalue weighted by Gasteiger charge is 2.13. The molecule has 5 nitrogen and oxygen atoms in total. The number of benzene rings is 2. The van der Waals surface area contributed by atoms with Gasteiger partial charge in [0.1, 0.15) is 0 Å². The van der Waals surface area contributed by atoms with Crippen LogP contribution in [0.5, 0.6) is 11.5 Å². The third kappa shape index (κ3) is 3.81. The average Bonchev–Trinajstić information content (AvgIpc) is 2.98. The van der Waals surface area contributed by atoms with Crippen LogP contribution in [0.2, 0.25) is 0 Å². The Morgan fingerprint density at radius 3 is 2.78 bits per heavy atom. The van der Waals surface area contributed by atoms with E-state index in [0.717, 1.165) is 33.9 Å². The van der Waals surface area contributed by atoms with Gasteiger partial charge in [-0.2, -0.15) is 0 Å². The Hall–Kier alpha value is -2.53. The Bertz CT molecular complexity index is 728. The summed E-state index contributed by atoms with van der Waals surface area (Å²) in [6.07, 6.45) is 0. The number of rotatable bonds is 5. The van der Waals surface area contributed by atoms with Gasteiger partial charge in [-0.25, -0.2) is 0 Å². The van der Waals surface area contributed by atoms with E-state index in [2.05, 4.69) is 10.6 Å². The van der Waals surface area contributed by atoms with Crippen LogP contribution in [0.3, 0.4) is 0 Å². The zero-order valence-corrected chi connectivity index (χ0v) is 13.3. The van der Waals surface area contributed by atoms with Crippen molar-refractivity contribution >= 4 is 11.6 Å². The first kappa shape index (κ1) is 15.4. The van der Waals surface area contributed by atoms with Crippen molar-refractivity contribution in [2.75, 3.05) is 18.7 Å². The average molecular weight is 312 g/mol. The van der Waals surface area contributed by atoms with Crippen molar-refractivity contribution in [3.05, 3.63) is 53.1 Å². The van der Waals surface area contributed by atoms with Gasteiger partial charge in [-0.1, -0.05) is 18.2 Å². The van der Waals surface area contributed by atoms with E-state index in [9.17, 15) is 4.79 Å². The molecule has 1 heterocycles. The second-order valence-electron chi connectivity index (χ2n) is 5.66. The monoisotopic (exact) mass is 312 g/mol. The smallest absolute Gasteiger partial charge is 0.238 e. The van der Waals surface area contributed by atoms with E-state index < -0.39 is 0 Å². The first-order valence-corrected chi connectivity index (χ1v) is 7.58. The molecule has 120 valence electrons. The van der Waals surface area contributed by atoms with Crippen LogP contribution in [0, 0.1) is 13.8 Å². The van der Waals surface area contributed by atoms with Crippen molar-refractivity contribution in [2.24, 2.45) is 0 Å². The molecule has 0 saturated heterocycles. The molecule has 5 heteroatoms. The highest BCUT2D eigenvalue weighted by molar-refractivity contribution is 5.93. The molecule has 0 aromatic heterocycles. The van der Waals surface area contributed by atoms with Gasteiger partial charge in [0, 0.05) is 12.2 Å². The largest absolute Gasteiger partial charge is 0.454 e. The van der Waals surface area contributed by atoms with Crippen LogP contribution >= 0.6 is 0 Å². The molecule has 2 aromatic rings. The second kappa shape index (κ2) is 6.71. The Morgan fingerprint density at radius 1 is 1.09 bits per heavy atom. The molecule has 0 radical (unpaired) electrons. The van der Waals surface area contributed by atoms with Crippen LogP contribution in [0.15, 0.2) is 36.4 Å². The third-order valence-corrected chi connectivity index (χ3v) is 3.72. The molecule has 0 fully saturated rings. The number of amides is 1. The van der Waals surface area contributed by atoms with Gasteiger partial charge in [-0.05, 0) is 48.7 Å². The maximum atomic E-state index is 12.0. The molecule has 1 aliphatic heterocycles. The van der Waals surface area contributed by atoms with E-state index in [4.69, 9.17) is 9.47 Å². The van der Waals surface area contributed by atoms with Crippen molar-refractivity contribution < 1.29 is 14.3 Å². The highest BCUT2D eigenvalue weighted by atomic mass is 16.7. The zero-order valence-electron chi connectivity index (χ0n) is 13.3. The van der Waals surface area contributed by atoms with Gasteiger partial charge < -0.3 is 20.1 Å². The predicted octanol–water partition coefficient (Wildman–Crippen LogP) is 2.76. The lowest BCUT2D eigenvalue weighted by Gasteiger charge is -2.10. The summed E-state index contributed by atoms with van der Waals surface area (Å²) in [4.78, 5) is 12.0. The number of ether oxygens (including phenoxy) is 2. The van der Waals surface area contributed by atoms with Gasteiger partial charge in [0.15, 0.2) is 11.5 Å². The van der Waals surface area contributed by atoms with Crippen LogP contribution < -0.4 is 20.1 Å². The van der Waals surface area contributed by atoms with Crippen molar-refractivity contribution in [1.82, 2.24) is 5.32 Å². The molecule has 1 aliphatic rings. The summed E-state index contributed by atoms with van der Waals surface area (Å²) in [5.41, 5.74) is 4.09. The van der Waals surface area contributed by atoms with E-state index in [0.29, 0.717) is 6.54 Å². The highest BCUT2D eigenvalue weighted by Crippen LogP contribution is 2.32. The SMILES string of the molecule is Cc1ccc(C)c(NC(=O)CNCc2ccc3c(c2)OCO3)c1. The van der Waals surface area contributed by atoms with Crippen LogP contribution in [0.25, 0.3) is 0 Å². The van der Waals surface area contributed by atoms with E-state index in [1.54, 1.807) is 0 Å². The number of nitrogens with one attached hydrogen (secondary N) is 2. The minimum absolute atomic E-state index is 0.0561. The second-order valence-corrected chi connectivity index (χ2v) is 5.66. The van der Waals surface area contributed by atoms with Crippen molar-refractivity contribution in [1.29, 1.82) is 0 Å². The Labute approximate surface area is 135 Å². The third-order valence-electron chi connectivity index (χ3n) is 3.72. The van der Waals surface area contributed by atoms with Gasteiger partial charge in [0.2, 0.25) is 12.7 Å². The molecule has 0 spiro atoms. The normalized spacial score (nSPS) is 12.3.